The van der Waals surface area contributed by atoms with Gasteiger partial charge in [-0.1, -0.05) is 6.07 Å². The second kappa shape index (κ2) is 9.32. The van der Waals surface area contributed by atoms with Gasteiger partial charge in [0.2, 0.25) is 0 Å². The SMILES string of the molecule is CN1CCO[C@@]2(CCCN(c3ccc(Nc4ccc(-c5cnc6cc(F)ccn56)c5c4C(=O)NC5)nc3)C2)C1. The van der Waals surface area contributed by atoms with E-state index in [1.54, 1.807) is 12.4 Å². The number of piperidine rings is 1. The normalized spacial score (nSPS) is 21.4. The molecule has 1 spiro atoms. The number of hydrogen-bond donors (Lipinski definition) is 2. The van der Waals surface area contributed by atoms with E-state index in [1.165, 1.54) is 12.1 Å². The zero-order valence-electron chi connectivity index (χ0n) is 21.8. The van der Waals surface area contributed by atoms with Gasteiger partial charge in [0.05, 0.1) is 47.2 Å². The largest absolute Gasteiger partial charge is 0.370 e. The lowest BCUT2D eigenvalue weighted by molar-refractivity contribution is -0.108. The highest BCUT2D eigenvalue weighted by Gasteiger charge is 2.39. The topological polar surface area (TPSA) is 87.0 Å². The Labute approximate surface area is 225 Å². The number of nitrogens with one attached hydrogen (secondary N) is 2. The molecule has 0 bridgehead atoms. The first-order chi connectivity index (χ1) is 19.0. The van der Waals surface area contributed by atoms with Crippen LogP contribution in [0.4, 0.5) is 21.6 Å². The van der Waals surface area contributed by atoms with Crippen LogP contribution in [-0.4, -0.2) is 70.6 Å². The molecule has 10 heteroatoms. The fourth-order valence-electron chi connectivity index (χ4n) is 6.23. The van der Waals surface area contributed by atoms with Crippen molar-refractivity contribution in [3.63, 3.8) is 0 Å². The highest BCUT2D eigenvalue weighted by Crippen LogP contribution is 2.36. The molecule has 3 aliphatic heterocycles. The molecule has 1 amide bonds. The number of imidazole rings is 1. The Morgan fingerprint density at radius 1 is 1.10 bits per heavy atom. The molecule has 3 aromatic heterocycles. The average Bonchev–Trinajstić information content (AvgIpc) is 3.53. The molecule has 1 atom stereocenters. The Kier molecular flexibility index (Phi) is 5.75. The van der Waals surface area contributed by atoms with E-state index in [4.69, 9.17) is 4.74 Å². The Morgan fingerprint density at radius 2 is 2.03 bits per heavy atom. The zero-order chi connectivity index (χ0) is 26.6. The summed E-state index contributed by atoms with van der Waals surface area (Å²) in [5.74, 6) is 0.190. The van der Waals surface area contributed by atoms with Crippen molar-refractivity contribution >= 4 is 28.7 Å². The number of anilines is 3. The summed E-state index contributed by atoms with van der Waals surface area (Å²) in [5.41, 5.74) is 5.32. The van der Waals surface area contributed by atoms with Gasteiger partial charge in [0.1, 0.15) is 17.3 Å². The Bertz CT molecular complexity index is 1570. The Balaban J connectivity index is 1.14. The van der Waals surface area contributed by atoms with Crippen molar-refractivity contribution in [2.75, 3.05) is 50.1 Å². The molecule has 2 fully saturated rings. The van der Waals surface area contributed by atoms with Crippen molar-refractivity contribution in [2.45, 2.75) is 25.0 Å². The molecule has 7 rings (SSSR count). The van der Waals surface area contributed by atoms with Crippen molar-refractivity contribution in [1.29, 1.82) is 0 Å². The summed E-state index contributed by atoms with van der Waals surface area (Å²) in [4.78, 5) is 26.6. The maximum Gasteiger partial charge on any atom is 0.254 e. The van der Waals surface area contributed by atoms with E-state index in [0.29, 0.717) is 29.3 Å². The first kappa shape index (κ1) is 24.1. The van der Waals surface area contributed by atoms with Gasteiger partial charge in [0.25, 0.3) is 5.91 Å². The van der Waals surface area contributed by atoms with Crippen LogP contribution in [0.5, 0.6) is 0 Å². The minimum absolute atomic E-state index is 0.118. The maximum atomic E-state index is 13.7. The summed E-state index contributed by atoms with van der Waals surface area (Å²) in [7, 11) is 2.16. The summed E-state index contributed by atoms with van der Waals surface area (Å²) in [6.45, 7) is 4.95. The molecule has 0 aliphatic carbocycles. The standard InChI is InChI=1S/C29H30FN7O2/c1-35-11-12-39-29(17-35)8-2-9-36(18-29)20-3-6-25(31-14-20)34-23-5-4-21(22-15-33-28(38)27(22)23)24-16-32-26-13-19(30)7-10-37(24)26/h3-7,10,13-14,16H,2,8-9,11-12,15,17-18H2,1H3,(H,31,34)(H,33,38)/t29-/m0/s1. The van der Waals surface area contributed by atoms with Crippen molar-refractivity contribution in [3.8, 4) is 11.3 Å². The molecular weight excluding hydrogens is 497 g/mol. The van der Waals surface area contributed by atoms with E-state index in [2.05, 4.69) is 43.5 Å². The lowest BCUT2D eigenvalue weighted by Gasteiger charge is -2.47. The molecule has 1 aromatic carbocycles. The van der Waals surface area contributed by atoms with Gasteiger partial charge in [0.15, 0.2) is 0 Å². The quantitative estimate of drug-likeness (QED) is 0.417. The van der Waals surface area contributed by atoms with Gasteiger partial charge in [0, 0.05) is 50.6 Å². The second-order valence-electron chi connectivity index (χ2n) is 10.7. The Hall–Kier alpha value is -4.02. The molecule has 200 valence electrons. The number of carbonyl (C=O) groups excluding carboxylic acids is 1. The summed E-state index contributed by atoms with van der Waals surface area (Å²) in [6.07, 6.45) is 7.42. The number of aromatic nitrogens is 3. The number of nitrogens with zero attached hydrogens (tertiary/aromatic N) is 5. The summed E-state index contributed by atoms with van der Waals surface area (Å²) in [5, 5.41) is 6.29. The summed E-state index contributed by atoms with van der Waals surface area (Å²) in [6, 6.07) is 10.7. The predicted octanol–water partition coefficient (Wildman–Crippen LogP) is 3.82. The number of hydrogen-bond acceptors (Lipinski definition) is 7. The van der Waals surface area contributed by atoms with Crippen LogP contribution in [-0.2, 0) is 11.3 Å². The molecule has 0 saturated carbocycles. The second-order valence-corrected chi connectivity index (χ2v) is 10.7. The number of likely N-dealkylation sites (N-methyl/N-ethyl adjacent to an activating group) is 1. The fraction of sp³-hybridized carbons (Fsp3) is 0.345. The summed E-state index contributed by atoms with van der Waals surface area (Å²) < 4.78 is 21.8. The van der Waals surface area contributed by atoms with Crippen LogP contribution >= 0.6 is 0 Å². The molecular formula is C29H30FN7O2. The van der Waals surface area contributed by atoms with Crippen LogP contribution in [0, 0.1) is 5.82 Å². The van der Waals surface area contributed by atoms with Gasteiger partial charge >= 0.3 is 0 Å². The number of amides is 1. The molecule has 6 heterocycles. The number of halogens is 1. The third kappa shape index (κ3) is 4.29. The van der Waals surface area contributed by atoms with Gasteiger partial charge in [-0.3, -0.25) is 9.20 Å². The number of ether oxygens (including phenoxy) is 1. The van der Waals surface area contributed by atoms with Crippen molar-refractivity contribution < 1.29 is 13.9 Å². The number of rotatable bonds is 4. The van der Waals surface area contributed by atoms with Crippen molar-refractivity contribution in [3.05, 3.63) is 71.9 Å². The van der Waals surface area contributed by atoms with Crippen LogP contribution in [0.25, 0.3) is 16.9 Å². The lowest BCUT2D eigenvalue weighted by atomic mass is 9.90. The fourth-order valence-corrected chi connectivity index (χ4v) is 6.23. The highest BCUT2D eigenvalue weighted by atomic mass is 19.1. The van der Waals surface area contributed by atoms with Gasteiger partial charge < -0.3 is 25.2 Å². The predicted molar refractivity (Wildman–Crippen MR) is 147 cm³/mol. The molecule has 4 aromatic rings. The monoisotopic (exact) mass is 527 g/mol. The van der Waals surface area contributed by atoms with E-state index in [0.717, 1.165) is 68.1 Å². The third-order valence-electron chi connectivity index (χ3n) is 8.07. The van der Waals surface area contributed by atoms with Crippen LogP contribution in [0.1, 0.15) is 28.8 Å². The van der Waals surface area contributed by atoms with Crippen LogP contribution in [0.2, 0.25) is 0 Å². The number of morpholine rings is 1. The molecule has 0 unspecified atom stereocenters. The van der Waals surface area contributed by atoms with Gasteiger partial charge in [-0.25, -0.2) is 14.4 Å². The minimum Gasteiger partial charge on any atom is -0.370 e. The van der Waals surface area contributed by atoms with E-state index >= 15 is 0 Å². The number of fused-ring (bicyclic) bond motifs is 2. The first-order valence-corrected chi connectivity index (χ1v) is 13.4. The minimum atomic E-state index is -0.338. The van der Waals surface area contributed by atoms with Crippen LogP contribution in [0.15, 0.2) is 55.0 Å². The van der Waals surface area contributed by atoms with E-state index in [1.807, 2.05) is 28.8 Å². The molecule has 0 radical (unpaired) electrons. The van der Waals surface area contributed by atoms with E-state index < -0.39 is 0 Å². The molecule has 2 N–H and O–H groups in total. The molecule has 39 heavy (non-hydrogen) atoms. The third-order valence-corrected chi connectivity index (χ3v) is 8.07. The smallest absolute Gasteiger partial charge is 0.254 e. The maximum absolute atomic E-state index is 13.7. The summed E-state index contributed by atoms with van der Waals surface area (Å²) >= 11 is 0. The van der Waals surface area contributed by atoms with E-state index in [9.17, 15) is 9.18 Å². The van der Waals surface area contributed by atoms with Crippen molar-refractivity contribution in [1.82, 2.24) is 24.6 Å². The van der Waals surface area contributed by atoms with E-state index in [-0.39, 0.29) is 17.3 Å². The van der Waals surface area contributed by atoms with Gasteiger partial charge in [-0.05, 0) is 49.7 Å². The number of benzene rings is 1. The highest BCUT2D eigenvalue weighted by molar-refractivity contribution is 6.06. The van der Waals surface area contributed by atoms with Gasteiger partial charge in [-0.15, -0.1) is 0 Å². The van der Waals surface area contributed by atoms with Crippen LogP contribution < -0.4 is 15.5 Å². The zero-order valence-corrected chi connectivity index (χ0v) is 21.8. The van der Waals surface area contributed by atoms with Crippen LogP contribution in [0.3, 0.4) is 0 Å². The van der Waals surface area contributed by atoms with Crippen molar-refractivity contribution in [2.24, 2.45) is 0 Å². The average molecular weight is 528 g/mol. The first-order valence-electron chi connectivity index (χ1n) is 13.4. The molecule has 9 nitrogen and oxygen atoms in total. The Morgan fingerprint density at radius 3 is 2.87 bits per heavy atom. The molecule has 2 saturated heterocycles. The van der Waals surface area contributed by atoms with Gasteiger partial charge in [-0.2, -0.15) is 0 Å². The lowest BCUT2D eigenvalue weighted by Crippen LogP contribution is -2.59. The molecule has 3 aliphatic rings. The number of pyridine rings is 2. The number of carbonyl (C=O) groups is 1.